The number of esters is 1. The van der Waals surface area contributed by atoms with E-state index in [1.165, 1.54) is 0 Å². The molecule has 4 rings (SSSR count). The number of benzene rings is 1. The maximum atomic E-state index is 12.3. The quantitative estimate of drug-likeness (QED) is 0.646. The maximum Gasteiger partial charge on any atom is 0.359 e. The normalized spacial score (nSPS) is 13.4. The molecule has 0 saturated heterocycles. The van der Waals surface area contributed by atoms with Crippen LogP contribution in [-0.2, 0) is 30.7 Å². The van der Waals surface area contributed by atoms with Crippen molar-refractivity contribution in [3.63, 3.8) is 0 Å². The van der Waals surface area contributed by atoms with Crippen LogP contribution in [0, 0.1) is 0 Å². The van der Waals surface area contributed by atoms with E-state index in [0.29, 0.717) is 12.2 Å². The van der Waals surface area contributed by atoms with Crippen molar-refractivity contribution in [2.24, 2.45) is 0 Å². The molecule has 0 spiro atoms. The highest BCUT2D eigenvalue weighted by molar-refractivity contribution is 9.10. The Kier molecular flexibility index (Phi) is 4.88. The van der Waals surface area contributed by atoms with Crippen LogP contribution in [0.2, 0.25) is 0 Å². The van der Waals surface area contributed by atoms with Crippen molar-refractivity contribution in [2.75, 3.05) is 0 Å². The average Bonchev–Trinajstić information content (AvgIpc) is 3.28. The first-order valence-electron chi connectivity index (χ1n) is 8.68. The molecule has 0 bridgehead atoms. The van der Waals surface area contributed by atoms with Gasteiger partial charge in [0.1, 0.15) is 6.61 Å². The molecule has 1 aromatic carbocycles. The predicted octanol–water partition coefficient (Wildman–Crippen LogP) is 3.65. The van der Waals surface area contributed by atoms with Gasteiger partial charge in [0.2, 0.25) is 0 Å². The van der Waals surface area contributed by atoms with Gasteiger partial charge in [0.25, 0.3) is 0 Å². The molecule has 0 radical (unpaired) electrons. The number of aromatic amines is 1. The zero-order chi connectivity index (χ0) is 17.9. The van der Waals surface area contributed by atoms with Crippen LogP contribution >= 0.6 is 15.9 Å². The van der Waals surface area contributed by atoms with E-state index in [4.69, 9.17) is 4.74 Å². The highest BCUT2D eigenvalue weighted by Crippen LogP contribution is 2.22. The summed E-state index contributed by atoms with van der Waals surface area (Å²) >= 11 is 3.43. The smallest absolute Gasteiger partial charge is 0.359 e. The molecule has 26 heavy (non-hydrogen) atoms. The first-order chi connectivity index (χ1) is 12.7. The fraction of sp³-hybridized carbons (Fsp3) is 0.316. The first kappa shape index (κ1) is 17.0. The van der Waals surface area contributed by atoms with E-state index >= 15 is 0 Å². The zero-order valence-corrected chi connectivity index (χ0v) is 15.8. The lowest BCUT2D eigenvalue weighted by molar-refractivity contribution is 0.0464. The van der Waals surface area contributed by atoms with Crippen molar-refractivity contribution >= 4 is 21.9 Å². The van der Waals surface area contributed by atoms with Gasteiger partial charge in [-0.15, -0.1) is 0 Å². The summed E-state index contributed by atoms with van der Waals surface area (Å²) in [4.78, 5) is 12.3. The number of nitrogens with one attached hydrogen (secondary N) is 1. The standard InChI is InChI=1S/C19H19BrN4O2/c20-15-7-5-13(6-8-15)10-24-11-14(9-21-24)12-26-19(25)18-16-3-1-2-4-17(16)22-23-18/h5-9,11H,1-4,10,12H2,(H,22,23). The van der Waals surface area contributed by atoms with E-state index in [-0.39, 0.29) is 12.6 Å². The van der Waals surface area contributed by atoms with E-state index < -0.39 is 0 Å². The van der Waals surface area contributed by atoms with Crippen LogP contribution in [0.5, 0.6) is 0 Å². The molecule has 3 aromatic rings. The Morgan fingerprint density at radius 2 is 2.00 bits per heavy atom. The summed E-state index contributed by atoms with van der Waals surface area (Å²) < 4.78 is 8.32. The minimum Gasteiger partial charge on any atom is -0.456 e. The van der Waals surface area contributed by atoms with Gasteiger partial charge in [0.15, 0.2) is 5.69 Å². The average molecular weight is 415 g/mol. The van der Waals surface area contributed by atoms with Gasteiger partial charge in [-0.1, -0.05) is 28.1 Å². The third-order valence-corrected chi connectivity index (χ3v) is 5.09. The summed E-state index contributed by atoms with van der Waals surface area (Å²) in [5.74, 6) is -0.370. The summed E-state index contributed by atoms with van der Waals surface area (Å²) in [5, 5.41) is 11.5. The molecule has 6 nitrogen and oxygen atoms in total. The Hall–Kier alpha value is -2.41. The Morgan fingerprint density at radius 3 is 2.85 bits per heavy atom. The lowest BCUT2D eigenvalue weighted by atomic mass is 9.96. The van der Waals surface area contributed by atoms with Crippen LogP contribution in [0.3, 0.4) is 0 Å². The number of carbonyl (C=O) groups excluding carboxylic acids is 1. The number of fused-ring (bicyclic) bond motifs is 1. The minimum atomic E-state index is -0.370. The summed E-state index contributed by atoms with van der Waals surface area (Å²) in [5.41, 5.74) is 4.54. The van der Waals surface area contributed by atoms with Crippen molar-refractivity contribution in [1.29, 1.82) is 0 Å². The molecule has 0 fully saturated rings. The molecule has 2 heterocycles. The lowest BCUT2D eigenvalue weighted by Crippen LogP contribution is -2.10. The molecule has 1 N–H and O–H groups in total. The second kappa shape index (κ2) is 7.45. The van der Waals surface area contributed by atoms with Crippen molar-refractivity contribution in [2.45, 2.75) is 38.8 Å². The predicted molar refractivity (Wildman–Crippen MR) is 99.8 cm³/mol. The molecule has 134 valence electrons. The van der Waals surface area contributed by atoms with Gasteiger partial charge in [0.05, 0.1) is 12.7 Å². The second-order valence-electron chi connectivity index (χ2n) is 6.49. The van der Waals surface area contributed by atoms with Crippen LogP contribution in [-0.4, -0.2) is 25.9 Å². The van der Waals surface area contributed by atoms with E-state index in [9.17, 15) is 4.79 Å². The number of hydrogen-bond donors (Lipinski definition) is 1. The first-order valence-corrected chi connectivity index (χ1v) is 9.47. The maximum absolute atomic E-state index is 12.3. The lowest BCUT2D eigenvalue weighted by Gasteiger charge is -2.10. The number of rotatable bonds is 5. The van der Waals surface area contributed by atoms with Gasteiger partial charge in [-0.2, -0.15) is 10.2 Å². The third-order valence-electron chi connectivity index (χ3n) is 4.56. The molecule has 0 aliphatic heterocycles. The number of halogens is 1. The van der Waals surface area contributed by atoms with Gasteiger partial charge in [-0.05, 0) is 43.4 Å². The fourth-order valence-corrected chi connectivity index (χ4v) is 3.48. The molecule has 0 unspecified atom stereocenters. The number of H-pyrrole nitrogens is 1. The Bertz CT molecular complexity index is 914. The second-order valence-corrected chi connectivity index (χ2v) is 7.40. The van der Waals surface area contributed by atoms with Crippen molar-refractivity contribution < 1.29 is 9.53 Å². The number of nitrogens with zero attached hydrogens (tertiary/aromatic N) is 3. The molecule has 2 aromatic heterocycles. The Labute approximate surface area is 159 Å². The van der Waals surface area contributed by atoms with Crippen molar-refractivity contribution in [1.82, 2.24) is 20.0 Å². The molecule has 7 heteroatoms. The van der Waals surface area contributed by atoms with Gasteiger partial charge in [-0.25, -0.2) is 4.79 Å². The van der Waals surface area contributed by atoms with E-state index in [1.807, 2.05) is 35.1 Å². The van der Waals surface area contributed by atoms with Crippen molar-refractivity contribution in [3.05, 3.63) is 69.2 Å². The molecule has 1 aliphatic rings. The molecule has 1 aliphatic carbocycles. The Balaban J connectivity index is 1.36. The topological polar surface area (TPSA) is 72.8 Å². The monoisotopic (exact) mass is 414 g/mol. The Morgan fingerprint density at radius 1 is 1.19 bits per heavy atom. The highest BCUT2D eigenvalue weighted by atomic mass is 79.9. The summed E-state index contributed by atoms with van der Waals surface area (Å²) in [6.07, 6.45) is 7.71. The fourth-order valence-electron chi connectivity index (χ4n) is 3.21. The minimum absolute atomic E-state index is 0.195. The number of carbonyl (C=O) groups is 1. The van der Waals surface area contributed by atoms with Gasteiger partial charge < -0.3 is 4.74 Å². The van der Waals surface area contributed by atoms with Gasteiger partial charge in [0, 0.05) is 27.5 Å². The number of ether oxygens (including phenoxy) is 1. The third kappa shape index (κ3) is 3.72. The van der Waals surface area contributed by atoms with E-state index in [1.54, 1.807) is 6.20 Å². The van der Waals surface area contributed by atoms with Gasteiger partial charge in [-0.3, -0.25) is 9.78 Å². The van der Waals surface area contributed by atoms with Crippen LogP contribution in [0.4, 0.5) is 0 Å². The van der Waals surface area contributed by atoms with E-state index in [2.05, 4.69) is 31.2 Å². The summed E-state index contributed by atoms with van der Waals surface area (Å²) in [7, 11) is 0. The SMILES string of the molecule is O=C(OCc1cnn(Cc2ccc(Br)cc2)c1)c1n[nH]c2c1CCCC2. The van der Waals surface area contributed by atoms with E-state index in [0.717, 1.165) is 52.5 Å². The van der Waals surface area contributed by atoms with Crippen LogP contribution < -0.4 is 0 Å². The highest BCUT2D eigenvalue weighted by Gasteiger charge is 2.22. The summed E-state index contributed by atoms with van der Waals surface area (Å²) in [6, 6.07) is 8.11. The molecule has 0 atom stereocenters. The van der Waals surface area contributed by atoms with Crippen LogP contribution in [0.25, 0.3) is 0 Å². The molecular formula is C19H19BrN4O2. The number of aryl methyl sites for hydroxylation is 1. The molecule has 0 saturated carbocycles. The molecular weight excluding hydrogens is 396 g/mol. The zero-order valence-electron chi connectivity index (χ0n) is 14.2. The van der Waals surface area contributed by atoms with Crippen LogP contribution in [0.15, 0.2) is 41.1 Å². The van der Waals surface area contributed by atoms with Gasteiger partial charge >= 0.3 is 5.97 Å². The van der Waals surface area contributed by atoms with Crippen LogP contribution in [0.1, 0.15) is 45.7 Å². The van der Waals surface area contributed by atoms with Crippen molar-refractivity contribution in [3.8, 4) is 0 Å². The number of aromatic nitrogens is 4. The summed E-state index contributed by atoms with van der Waals surface area (Å²) in [6.45, 7) is 0.870. The number of hydrogen-bond acceptors (Lipinski definition) is 4. The molecule has 0 amide bonds. The largest absolute Gasteiger partial charge is 0.456 e.